The van der Waals surface area contributed by atoms with Gasteiger partial charge >= 0.3 is 99.8 Å². The summed E-state index contributed by atoms with van der Waals surface area (Å²) in [5, 5.41) is 4.11. The molecule has 4 aromatic heterocycles. The Bertz CT molecular complexity index is 2390. The molecule has 237 valence electrons. The molecule has 0 amide bonds. The molecule has 0 aliphatic heterocycles. The topological polar surface area (TPSA) is 52.1 Å². The number of rotatable bonds is 4. The van der Waals surface area contributed by atoms with E-state index in [2.05, 4.69) is 82.7 Å². The summed E-state index contributed by atoms with van der Waals surface area (Å²) in [6, 6.07) is 37.1. The second kappa shape index (κ2) is 13.2. The van der Waals surface area contributed by atoms with Crippen LogP contribution in [0.2, 0.25) is 17.3 Å². The molecule has 1 radical (unpaired) electrons. The van der Waals surface area contributed by atoms with Crippen molar-refractivity contribution in [3.05, 3.63) is 127 Å². The van der Waals surface area contributed by atoms with Gasteiger partial charge in [0.1, 0.15) is 11.2 Å². The average molecular weight is 855 g/mol. The Labute approximate surface area is 293 Å². The van der Waals surface area contributed by atoms with Crippen LogP contribution in [0.4, 0.5) is 0 Å². The zero-order chi connectivity index (χ0) is 32.9. The molecule has 8 aromatic rings. The molecule has 8 rings (SSSR count). The normalized spacial score (nSPS) is 12.2. The van der Waals surface area contributed by atoms with Gasteiger partial charge in [-0.25, -0.2) is 0 Å². The minimum absolute atomic E-state index is 0. The van der Waals surface area contributed by atoms with E-state index in [1.165, 1.54) is 4.40 Å². The summed E-state index contributed by atoms with van der Waals surface area (Å²) in [4.78, 5) is 9.14. The van der Waals surface area contributed by atoms with Gasteiger partial charge in [-0.1, -0.05) is 67.4 Å². The third kappa shape index (κ3) is 6.45. The van der Waals surface area contributed by atoms with Gasteiger partial charge in [-0.05, 0) is 58.4 Å². The van der Waals surface area contributed by atoms with E-state index < -0.39 is 19.2 Å². The van der Waals surface area contributed by atoms with E-state index >= 15 is 0 Å². The smallest absolute Gasteiger partial charge is 0 e. The predicted molar refractivity (Wildman–Crippen MR) is 193 cm³/mol. The summed E-state index contributed by atoms with van der Waals surface area (Å²) in [5.41, 5.74) is 8.66. The van der Waals surface area contributed by atoms with Crippen molar-refractivity contribution in [1.82, 2.24) is 9.97 Å². The maximum atomic E-state index is 8.43. The molecule has 6 heteroatoms. The molecule has 0 bridgehead atoms. The van der Waals surface area contributed by atoms with E-state index in [4.69, 9.17) is 10.2 Å². The van der Waals surface area contributed by atoms with Crippen molar-refractivity contribution in [3.63, 3.8) is 0 Å². The molecule has 4 heterocycles. The molecule has 4 aromatic carbocycles. The van der Waals surface area contributed by atoms with Crippen molar-refractivity contribution in [2.24, 2.45) is 0 Å². The Morgan fingerprint density at radius 1 is 0.787 bits per heavy atom. The fourth-order valence-corrected chi connectivity index (χ4v) is 7.96. The van der Waals surface area contributed by atoms with Crippen LogP contribution in [0.3, 0.4) is 0 Å². The van der Waals surface area contributed by atoms with Crippen LogP contribution in [0.15, 0.2) is 112 Å². The minimum Gasteiger partial charge on any atom is 0 e. The van der Waals surface area contributed by atoms with Crippen molar-refractivity contribution in [2.75, 3.05) is 0 Å². The molecule has 0 aliphatic carbocycles. The van der Waals surface area contributed by atoms with Gasteiger partial charge in [-0.15, -0.1) is 0 Å². The first-order valence-electron chi connectivity index (χ1n) is 16.1. The Morgan fingerprint density at radius 3 is 2.30 bits per heavy atom. The predicted octanol–water partition coefficient (Wildman–Crippen LogP) is 10.9. The number of aromatic nitrogens is 2. The first-order valence-corrected chi connectivity index (χ1v) is 22.9. The summed E-state index contributed by atoms with van der Waals surface area (Å²) < 4.78 is 22.5. The molecule has 0 saturated heterocycles. The van der Waals surface area contributed by atoms with E-state index in [1.807, 2.05) is 74.6 Å². The summed E-state index contributed by atoms with van der Waals surface area (Å²) in [6.45, 7) is 5.81. The van der Waals surface area contributed by atoms with Gasteiger partial charge in [0, 0.05) is 33.1 Å². The zero-order valence-corrected chi connectivity index (χ0v) is 31.9. The minimum atomic E-state index is -1.72. The summed E-state index contributed by atoms with van der Waals surface area (Å²) in [7, 11) is 0. The summed E-state index contributed by atoms with van der Waals surface area (Å²) >= 11 is -1.72. The molecule has 0 N–H and O–H groups in total. The third-order valence-electron chi connectivity index (χ3n) is 8.36. The third-order valence-corrected chi connectivity index (χ3v) is 12.6. The van der Waals surface area contributed by atoms with Crippen molar-refractivity contribution in [2.45, 2.75) is 43.9 Å². The number of fused-ring (bicyclic) bond motifs is 7. The van der Waals surface area contributed by atoms with Crippen LogP contribution in [0.25, 0.3) is 66.4 Å². The Morgan fingerprint density at radius 2 is 1.57 bits per heavy atom. The van der Waals surface area contributed by atoms with Gasteiger partial charge in [0.15, 0.2) is 0 Å². The molecule has 0 spiro atoms. The monoisotopic (exact) mass is 856 g/mol. The number of hydrogen-bond acceptors (Lipinski definition) is 4. The molecule has 4 nitrogen and oxygen atoms in total. The summed E-state index contributed by atoms with van der Waals surface area (Å²) in [5.74, 6) is 6.41. The number of furan rings is 2. The van der Waals surface area contributed by atoms with Crippen LogP contribution >= 0.6 is 0 Å². The maximum Gasteiger partial charge on any atom is 0 e. The van der Waals surface area contributed by atoms with Crippen LogP contribution < -0.4 is 4.40 Å². The first kappa shape index (κ1) is 31.6. The van der Waals surface area contributed by atoms with E-state index in [0.29, 0.717) is 5.58 Å². The summed E-state index contributed by atoms with van der Waals surface area (Å²) in [6.07, 6.45) is 3.78. The van der Waals surface area contributed by atoms with Crippen molar-refractivity contribution in [1.29, 1.82) is 0 Å². The van der Waals surface area contributed by atoms with Crippen LogP contribution in [0.1, 0.15) is 32.2 Å². The van der Waals surface area contributed by atoms with Crippen LogP contribution in [-0.2, 0) is 20.1 Å². The van der Waals surface area contributed by atoms with Crippen LogP contribution in [0.5, 0.6) is 0 Å². The molecule has 0 unspecified atom stereocenters. The molecule has 0 saturated carbocycles. The quantitative estimate of drug-likeness (QED) is 0.131. The van der Waals surface area contributed by atoms with E-state index in [1.54, 1.807) is 6.20 Å². The molecule has 0 fully saturated rings. The molecular weight excluding hydrogens is 817 g/mol. The Hall–Kier alpha value is -4.03. The van der Waals surface area contributed by atoms with Gasteiger partial charge in [0.2, 0.25) is 0 Å². The molecule has 47 heavy (non-hydrogen) atoms. The van der Waals surface area contributed by atoms with E-state index in [9.17, 15) is 0 Å². The van der Waals surface area contributed by atoms with E-state index in [-0.39, 0.29) is 20.1 Å². The van der Waals surface area contributed by atoms with Crippen LogP contribution in [-0.4, -0.2) is 23.2 Å². The number of aryl methyl sites for hydroxylation is 1. The van der Waals surface area contributed by atoms with Gasteiger partial charge in [0.05, 0.1) is 11.2 Å². The Kier molecular flexibility index (Phi) is 8.89. The SMILES string of the molecule is [2H]C(C)(C)c1ccnc(-c2[c-]c3oc4ccccc4c3c3c2oc2cc(C)ccc23)c1.[CH3][Ge]([CH3])([CH3])[c]1ccc(-c2[c-]cccc2)nc1.[Ir]. The van der Waals surface area contributed by atoms with Gasteiger partial charge in [-0.2, -0.15) is 0 Å². The van der Waals surface area contributed by atoms with Crippen LogP contribution in [0, 0.1) is 19.1 Å². The fraction of sp³-hybridized carbons (Fsp3) is 0.171. The van der Waals surface area contributed by atoms with Crippen molar-refractivity contribution >= 4 is 61.5 Å². The number of para-hydroxylation sites is 1. The first-order chi connectivity index (χ1) is 22.5. The largest absolute Gasteiger partial charge is 0 e. The molecule has 0 atom stereocenters. The number of pyridine rings is 2. The van der Waals surface area contributed by atoms with Gasteiger partial charge in [0.25, 0.3) is 0 Å². The number of nitrogens with zero attached hydrogens (tertiary/aromatic N) is 2. The number of benzene rings is 4. The second-order valence-electron chi connectivity index (χ2n) is 13.0. The van der Waals surface area contributed by atoms with Gasteiger partial charge < -0.3 is 13.8 Å². The zero-order valence-electron chi connectivity index (χ0n) is 28.4. The van der Waals surface area contributed by atoms with Crippen molar-refractivity contribution < 1.29 is 30.3 Å². The molecule has 0 aliphatic rings. The fourth-order valence-electron chi connectivity index (χ4n) is 5.79. The molecular formula is C41H36GeIrN2O2-2. The standard InChI is InChI=1S/C27H20NO2.C14H16GeN.Ir/c1-15(2)17-10-11-28-21(13-17)20-14-24-25(18-6-4-5-7-22(18)29-24)26-19-9-8-16(3)12-23(19)30-27(20)26;1-15(2,3)13-9-10-14(16-11-13)12-7-5-4-6-8-12;/h4-13,15H,1-3H3;4-7,9-11H,1-3H3;/q2*-1;/i15D;;. The number of hydrogen-bond donors (Lipinski definition) is 0. The Balaban J connectivity index is 0.000000201. The maximum absolute atomic E-state index is 8.43. The van der Waals surface area contributed by atoms with Gasteiger partial charge in [-0.3, -0.25) is 0 Å². The average Bonchev–Trinajstić information content (AvgIpc) is 3.62. The van der Waals surface area contributed by atoms with E-state index in [0.717, 1.165) is 71.9 Å². The second-order valence-corrected chi connectivity index (χ2v) is 23.6. The van der Waals surface area contributed by atoms with Crippen molar-refractivity contribution in [3.8, 4) is 22.5 Å².